The number of rotatable bonds is 7. The lowest BCUT2D eigenvalue weighted by Crippen LogP contribution is -2.14. The third kappa shape index (κ3) is 5.48. The molecule has 0 atom stereocenters. The zero-order valence-electron chi connectivity index (χ0n) is 15.0. The van der Waals surface area contributed by atoms with Crippen LogP contribution in [0.4, 0.5) is 10.1 Å². The summed E-state index contributed by atoms with van der Waals surface area (Å²) >= 11 is 2.05. The van der Waals surface area contributed by atoms with Crippen molar-refractivity contribution in [2.75, 3.05) is 18.5 Å². The van der Waals surface area contributed by atoms with Gasteiger partial charge in [0.1, 0.15) is 24.1 Å². The molecule has 0 aromatic heterocycles. The van der Waals surface area contributed by atoms with Gasteiger partial charge in [0.05, 0.1) is 15.9 Å². The van der Waals surface area contributed by atoms with Crippen LogP contribution in [0.3, 0.4) is 0 Å². The molecule has 2 aromatic rings. The van der Waals surface area contributed by atoms with Crippen molar-refractivity contribution in [3.8, 4) is 29.9 Å². The molecule has 7 heteroatoms. The number of benzene rings is 2. The molecule has 0 radical (unpaired) electrons. The molecular formula is C21H16FIN2O3. The molecule has 28 heavy (non-hydrogen) atoms. The maximum Gasteiger partial charge on any atom is 0.266 e. The van der Waals surface area contributed by atoms with Crippen molar-refractivity contribution in [3.63, 3.8) is 0 Å². The van der Waals surface area contributed by atoms with Gasteiger partial charge in [0.15, 0.2) is 11.5 Å². The van der Waals surface area contributed by atoms with Gasteiger partial charge in [0.2, 0.25) is 0 Å². The Morgan fingerprint density at radius 3 is 2.75 bits per heavy atom. The summed E-state index contributed by atoms with van der Waals surface area (Å²) in [6.45, 7) is 2.30. The number of hydrogen-bond acceptors (Lipinski definition) is 4. The number of amides is 1. The van der Waals surface area contributed by atoms with Gasteiger partial charge in [-0.1, -0.05) is 18.1 Å². The topological polar surface area (TPSA) is 71.3 Å². The Bertz CT molecular complexity index is 990. The van der Waals surface area contributed by atoms with Crippen molar-refractivity contribution in [2.45, 2.75) is 6.92 Å². The number of nitrogens with zero attached hydrogens (tertiary/aromatic N) is 1. The molecule has 0 aliphatic rings. The molecule has 0 unspecified atom stereocenters. The summed E-state index contributed by atoms with van der Waals surface area (Å²) in [6.07, 6.45) is 6.63. The summed E-state index contributed by atoms with van der Waals surface area (Å²) in [5, 5.41) is 11.8. The van der Waals surface area contributed by atoms with Crippen molar-refractivity contribution in [1.82, 2.24) is 0 Å². The van der Waals surface area contributed by atoms with Crippen LogP contribution >= 0.6 is 22.6 Å². The second-order valence-electron chi connectivity index (χ2n) is 5.36. The van der Waals surface area contributed by atoms with Crippen molar-refractivity contribution in [2.24, 2.45) is 0 Å². The van der Waals surface area contributed by atoms with Gasteiger partial charge in [-0.25, -0.2) is 4.39 Å². The Morgan fingerprint density at radius 1 is 1.36 bits per heavy atom. The molecule has 142 valence electrons. The number of nitrogens with one attached hydrogen (secondary N) is 1. The Balaban J connectivity index is 2.35. The molecular weight excluding hydrogens is 474 g/mol. The summed E-state index contributed by atoms with van der Waals surface area (Å²) in [6, 6.07) is 10.9. The minimum absolute atomic E-state index is 0.00346. The minimum Gasteiger partial charge on any atom is -0.490 e. The van der Waals surface area contributed by atoms with E-state index < -0.39 is 11.7 Å². The highest BCUT2D eigenvalue weighted by Crippen LogP contribution is 2.35. The summed E-state index contributed by atoms with van der Waals surface area (Å²) in [4.78, 5) is 12.4. The van der Waals surface area contributed by atoms with Gasteiger partial charge >= 0.3 is 0 Å². The second kappa shape index (κ2) is 10.3. The van der Waals surface area contributed by atoms with Crippen LogP contribution in [0.25, 0.3) is 6.08 Å². The number of anilines is 1. The Labute approximate surface area is 176 Å². The number of hydrogen-bond donors (Lipinski definition) is 1. The molecule has 5 nitrogen and oxygen atoms in total. The molecule has 1 N–H and O–H groups in total. The van der Waals surface area contributed by atoms with Crippen LogP contribution in [0.5, 0.6) is 11.5 Å². The molecule has 0 bridgehead atoms. The first kappa shape index (κ1) is 21.3. The zero-order chi connectivity index (χ0) is 20.5. The number of para-hydroxylation sites is 1. The van der Waals surface area contributed by atoms with Gasteiger partial charge in [-0.05, 0) is 65.4 Å². The Morgan fingerprint density at radius 2 is 2.11 bits per heavy atom. The van der Waals surface area contributed by atoms with Crippen molar-refractivity contribution in [1.29, 1.82) is 5.26 Å². The van der Waals surface area contributed by atoms with Gasteiger partial charge in [-0.3, -0.25) is 4.79 Å². The lowest BCUT2D eigenvalue weighted by molar-refractivity contribution is -0.112. The molecule has 2 aromatic carbocycles. The van der Waals surface area contributed by atoms with E-state index in [1.807, 2.05) is 13.0 Å². The van der Waals surface area contributed by atoms with Crippen LogP contribution in [0, 0.1) is 33.1 Å². The van der Waals surface area contributed by atoms with Crippen LogP contribution in [0.2, 0.25) is 0 Å². The van der Waals surface area contributed by atoms with E-state index in [1.165, 1.54) is 24.3 Å². The zero-order valence-corrected chi connectivity index (χ0v) is 17.1. The van der Waals surface area contributed by atoms with Crippen LogP contribution in [0.15, 0.2) is 42.0 Å². The lowest BCUT2D eigenvalue weighted by Gasteiger charge is -2.13. The number of terminal acetylenes is 1. The van der Waals surface area contributed by atoms with E-state index >= 15 is 0 Å². The molecule has 0 saturated heterocycles. The molecule has 0 heterocycles. The first-order valence-corrected chi connectivity index (χ1v) is 9.28. The predicted molar refractivity (Wildman–Crippen MR) is 113 cm³/mol. The monoisotopic (exact) mass is 490 g/mol. The standard InChI is InChI=1S/C21H16FIN2O3/c1-3-9-28-20-17(23)11-14(12-19(20)27-4-2)10-15(13-24)21(26)25-18-8-6-5-7-16(18)22/h1,5-8,10-12H,4,9H2,2H3,(H,25,26)/b15-10-. The van der Waals surface area contributed by atoms with Gasteiger partial charge in [0, 0.05) is 0 Å². The van der Waals surface area contributed by atoms with E-state index in [2.05, 4.69) is 33.8 Å². The highest BCUT2D eigenvalue weighted by molar-refractivity contribution is 14.1. The maximum atomic E-state index is 13.7. The summed E-state index contributed by atoms with van der Waals surface area (Å²) in [5.41, 5.74) is 0.371. The Kier molecular flexibility index (Phi) is 7.85. The van der Waals surface area contributed by atoms with E-state index in [4.69, 9.17) is 15.9 Å². The van der Waals surface area contributed by atoms with Crippen LogP contribution < -0.4 is 14.8 Å². The maximum absolute atomic E-state index is 13.7. The smallest absolute Gasteiger partial charge is 0.266 e. The molecule has 0 aliphatic heterocycles. The molecule has 1 amide bonds. The van der Waals surface area contributed by atoms with Crippen molar-refractivity contribution in [3.05, 3.63) is 56.9 Å². The van der Waals surface area contributed by atoms with E-state index in [0.717, 1.165) is 0 Å². The molecule has 0 aliphatic carbocycles. The third-order valence-corrected chi connectivity index (χ3v) is 4.23. The van der Waals surface area contributed by atoms with E-state index in [9.17, 15) is 14.4 Å². The summed E-state index contributed by atoms with van der Waals surface area (Å²) < 4.78 is 25.5. The Hall–Kier alpha value is -3.04. The minimum atomic E-state index is -0.715. The predicted octanol–water partition coefficient (Wildman–Crippen LogP) is 4.39. The fraction of sp³-hybridized carbons (Fsp3) is 0.143. The number of carbonyl (C=O) groups excluding carboxylic acids is 1. The third-order valence-electron chi connectivity index (χ3n) is 3.43. The van der Waals surface area contributed by atoms with Crippen molar-refractivity contribution < 1.29 is 18.7 Å². The molecule has 0 fully saturated rings. The molecule has 0 spiro atoms. The van der Waals surface area contributed by atoms with Crippen molar-refractivity contribution >= 4 is 40.3 Å². The number of halogens is 2. The second-order valence-corrected chi connectivity index (χ2v) is 6.52. The molecule has 0 saturated carbocycles. The van der Waals surface area contributed by atoms with Gasteiger partial charge in [-0.2, -0.15) is 5.26 Å². The fourth-order valence-corrected chi connectivity index (χ4v) is 3.04. The first-order chi connectivity index (χ1) is 13.5. The summed E-state index contributed by atoms with van der Waals surface area (Å²) in [7, 11) is 0. The highest BCUT2D eigenvalue weighted by atomic mass is 127. The number of carbonyl (C=O) groups is 1. The van der Waals surface area contributed by atoms with Crippen LogP contribution in [-0.4, -0.2) is 19.1 Å². The normalized spacial score (nSPS) is 10.5. The quantitative estimate of drug-likeness (QED) is 0.271. The van der Waals surface area contributed by atoms with Crippen LogP contribution in [-0.2, 0) is 4.79 Å². The van der Waals surface area contributed by atoms with Crippen LogP contribution in [0.1, 0.15) is 12.5 Å². The summed E-state index contributed by atoms with van der Waals surface area (Å²) in [5.74, 6) is 2.03. The van der Waals surface area contributed by atoms with Gasteiger partial charge in [-0.15, -0.1) is 6.42 Å². The largest absolute Gasteiger partial charge is 0.490 e. The average molecular weight is 490 g/mol. The van der Waals surface area contributed by atoms with Gasteiger partial charge in [0.25, 0.3) is 5.91 Å². The first-order valence-electron chi connectivity index (χ1n) is 8.20. The fourth-order valence-electron chi connectivity index (χ4n) is 2.26. The number of ether oxygens (including phenoxy) is 2. The lowest BCUT2D eigenvalue weighted by atomic mass is 10.1. The average Bonchev–Trinajstić information content (AvgIpc) is 2.67. The highest BCUT2D eigenvalue weighted by Gasteiger charge is 2.15. The molecule has 2 rings (SSSR count). The van der Waals surface area contributed by atoms with E-state index in [0.29, 0.717) is 27.2 Å². The van der Waals surface area contributed by atoms with Gasteiger partial charge < -0.3 is 14.8 Å². The number of nitriles is 1. The SMILES string of the molecule is C#CCOc1c(I)cc(/C=C(/C#N)C(=O)Nc2ccccc2F)cc1OCC. The van der Waals surface area contributed by atoms with E-state index in [1.54, 1.807) is 18.2 Å². The van der Waals surface area contributed by atoms with E-state index in [-0.39, 0.29) is 17.9 Å².